The number of nitrogens with zero attached hydrogens (tertiary/aromatic N) is 2. The van der Waals surface area contributed by atoms with Crippen LogP contribution in [-0.4, -0.2) is 43.4 Å². The van der Waals surface area contributed by atoms with Crippen LogP contribution in [0.5, 0.6) is 0 Å². The molecule has 13 heteroatoms. The van der Waals surface area contributed by atoms with Crippen molar-refractivity contribution in [2.75, 3.05) is 30.5 Å². The fourth-order valence-electron chi connectivity index (χ4n) is 5.12. The molecule has 2 unspecified atom stereocenters. The van der Waals surface area contributed by atoms with Gasteiger partial charge >= 0.3 is 24.5 Å². The van der Waals surface area contributed by atoms with E-state index < -0.39 is 54.3 Å². The van der Waals surface area contributed by atoms with Crippen LogP contribution < -0.4 is 10.2 Å². The normalized spacial score (nSPS) is 18.6. The minimum absolute atomic E-state index is 0.0392. The van der Waals surface area contributed by atoms with E-state index in [0.29, 0.717) is 36.3 Å². The molecule has 0 bridgehead atoms. The number of anilines is 2. The number of fused-ring (bicyclic) bond motifs is 2. The number of amides is 2. The second-order valence-electron chi connectivity index (χ2n) is 9.43. The van der Waals surface area contributed by atoms with Crippen LogP contribution in [0.4, 0.5) is 47.3 Å². The maximum absolute atomic E-state index is 13.5. The van der Waals surface area contributed by atoms with Gasteiger partial charge in [0.05, 0.1) is 36.6 Å². The van der Waals surface area contributed by atoms with Crippen molar-refractivity contribution < 1.29 is 45.4 Å². The summed E-state index contributed by atoms with van der Waals surface area (Å²) in [5.41, 5.74) is -0.698. The van der Waals surface area contributed by atoms with E-state index in [0.717, 1.165) is 23.3 Å². The lowest BCUT2D eigenvalue weighted by Gasteiger charge is -2.42. The molecule has 2 aliphatic rings. The van der Waals surface area contributed by atoms with Crippen LogP contribution in [0.25, 0.3) is 0 Å². The van der Waals surface area contributed by atoms with Crippen LogP contribution >= 0.6 is 0 Å². The van der Waals surface area contributed by atoms with Gasteiger partial charge in [-0.05, 0) is 73.7 Å². The Morgan fingerprint density at radius 1 is 1.05 bits per heavy atom. The molecule has 0 fully saturated rings. The molecule has 0 aliphatic carbocycles. The van der Waals surface area contributed by atoms with Crippen molar-refractivity contribution in [1.82, 2.24) is 4.90 Å². The lowest BCUT2D eigenvalue weighted by molar-refractivity contribution is -0.143. The van der Waals surface area contributed by atoms with E-state index in [1.165, 1.54) is 4.90 Å². The van der Waals surface area contributed by atoms with Gasteiger partial charge in [-0.1, -0.05) is 0 Å². The number of carbonyl (C=O) groups is 2. The van der Waals surface area contributed by atoms with Crippen LogP contribution in [0.2, 0.25) is 0 Å². The van der Waals surface area contributed by atoms with Crippen molar-refractivity contribution in [3.8, 4) is 0 Å². The number of ether oxygens (including phenoxy) is 2. The zero-order chi connectivity index (χ0) is 28.7. The lowest BCUT2D eigenvalue weighted by Crippen LogP contribution is -2.47. The number of alkyl halides is 6. The molecule has 2 heterocycles. The number of carbonyl (C=O) groups excluding carboxylic acids is 2. The molecular formula is C26H27F6N3O4. The largest absolute Gasteiger partial charge is 0.453 e. The predicted molar refractivity (Wildman–Crippen MR) is 129 cm³/mol. The molecule has 2 amide bonds. The molecule has 4 rings (SSSR count). The van der Waals surface area contributed by atoms with Crippen molar-refractivity contribution in [2.24, 2.45) is 0 Å². The Hall–Kier alpha value is -3.64. The van der Waals surface area contributed by atoms with Crippen molar-refractivity contribution >= 4 is 23.6 Å². The van der Waals surface area contributed by atoms with Crippen molar-refractivity contribution in [3.63, 3.8) is 0 Å². The Morgan fingerprint density at radius 3 is 2.26 bits per heavy atom. The van der Waals surface area contributed by atoms with Gasteiger partial charge in [0.2, 0.25) is 0 Å². The molecule has 2 aromatic rings. The fourth-order valence-corrected chi connectivity index (χ4v) is 5.12. The number of rotatable bonds is 4. The summed E-state index contributed by atoms with van der Waals surface area (Å²) in [6.45, 7) is 3.54. The smallest absolute Gasteiger partial charge is 0.416 e. The zero-order valence-corrected chi connectivity index (χ0v) is 21.4. The second kappa shape index (κ2) is 10.5. The van der Waals surface area contributed by atoms with Crippen molar-refractivity contribution in [3.05, 3.63) is 58.1 Å². The summed E-state index contributed by atoms with van der Waals surface area (Å²) in [5, 5.41) is 3.22. The molecule has 0 spiro atoms. The molecule has 212 valence electrons. The third-order valence-electron chi connectivity index (χ3n) is 6.84. The van der Waals surface area contributed by atoms with E-state index in [4.69, 9.17) is 9.47 Å². The Bertz CT molecular complexity index is 1230. The number of halogens is 6. The van der Waals surface area contributed by atoms with Crippen molar-refractivity contribution in [2.45, 2.75) is 57.7 Å². The van der Waals surface area contributed by atoms with Crippen molar-refractivity contribution in [1.29, 1.82) is 0 Å². The number of nitrogens with one attached hydrogen (secondary N) is 1. The van der Waals surface area contributed by atoms with Gasteiger partial charge in [0, 0.05) is 24.8 Å². The highest BCUT2D eigenvalue weighted by molar-refractivity contribution is 5.92. The maximum Gasteiger partial charge on any atom is 0.416 e. The van der Waals surface area contributed by atoms with Gasteiger partial charge in [-0.25, -0.2) is 9.59 Å². The Kier molecular flexibility index (Phi) is 7.63. The molecule has 2 aliphatic heterocycles. The average Bonchev–Trinajstić information content (AvgIpc) is 3.31. The van der Waals surface area contributed by atoms with Gasteiger partial charge in [0.1, 0.15) is 0 Å². The summed E-state index contributed by atoms with van der Waals surface area (Å²) >= 11 is 0. The van der Waals surface area contributed by atoms with Gasteiger partial charge in [-0.2, -0.15) is 26.3 Å². The first-order valence-electron chi connectivity index (χ1n) is 12.2. The number of hydrogen-bond donors (Lipinski definition) is 1. The van der Waals surface area contributed by atoms with E-state index in [-0.39, 0.29) is 24.7 Å². The van der Waals surface area contributed by atoms with E-state index >= 15 is 0 Å². The van der Waals surface area contributed by atoms with Gasteiger partial charge in [-0.3, -0.25) is 9.80 Å². The summed E-state index contributed by atoms with van der Waals surface area (Å²) in [6, 6.07) is 3.43. The second-order valence-corrected chi connectivity index (χ2v) is 9.43. The standard InChI is InChI=1S/C26H27F6N3O4/c1-4-39-24(37)35-14(2)7-21(19-10-16-5-6-33-20(16)12-22(19)35)34(23(36)38-3)13-15-8-17(25(27,28)29)11-18(9-15)26(30,31)32/h8-12,14,21,33H,4-7,13H2,1-3H3. The van der Waals surface area contributed by atoms with Crippen LogP contribution in [-0.2, 0) is 34.8 Å². The van der Waals surface area contributed by atoms with Gasteiger partial charge in [0.25, 0.3) is 0 Å². The summed E-state index contributed by atoms with van der Waals surface area (Å²) in [5.74, 6) is 0. The Morgan fingerprint density at radius 2 is 1.69 bits per heavy atom. The number of methoxy groups -OCH3 is 1. The monoisotopic (exact) mass is 559 g/mol. The highest BCUT2D eigenvalue weighted by Gasteiger charge is 2.41. The van der Waals surface area contributed by atoms with Crippen LogP contribution in [0, 0.1) is 0 Å². The van der Waals surface area contributed by atoms with E-state index in [1.807, 2.05) is 0 Å². The van der Waals surface area contributed by atoms with Crippen LogP contribution in [0.3, 0.4) is 0 Å². The Labute approximate surface area is 220 Å². The minimum atomic E-state index is -5.04. The maximum atomic E-state index is 13.5. The molecule has 0 aromatic heterocycles. The Balaban J connectivity index is 1.83. The highest BCUT2D eigenvalue weighted by Crippen LogP contribution is 2.45. The zero-order valence-electron chi connectivity index (χ0n) is 21.4. The third-order valence-corrected chi connectivity index (χ3v) is 6.84. The summed E-state index contributed by atoms with van der Waals surface area (Å²) in [6.07, 6.45) is -10.8. The van der Waals surface area contributed by atoms with Gasteiger partial charge in [0.15, 0.2) is 0 Å². The first-order chi connectivity index (χ1) is 18.2. The molecular weight excluding hydrogens is 532 g/mol. The van der Waals surface area contributed by atoms with Gasteiger partial charge in [-0.15, -0.1) is 0 Å². The van der Waals surface area contributed by atoms with Crippen LogP contribution in [0.1, 0.15) is 54.1 Å². The summed E-state index contributed by atoms with van der Waals surface area (Å²) in [7, 11) is 1.08. The quantitative estimate of drug-likeness (QED) is 0.420. The van der Waals surface area contributed by atoms with E-state index in [2.05, 4.69) is 5.32 Å². The third kappa shape index (κ3) is 5.71. The molecule has 2 atom stereocenters. The lowest BCUT2D eigenvalue weighted by atomic mass is 9.88. The molecule has 0 saturated carbocycles. The summed E-state index contributed by atoms with van der Waals surface area (Å²) < 4.78 is 91.0. The molecule has 0 radical (unpaired) electrons. The van der Waals surface area contributed by atoms with E-state index in [9.17, 15) is 35.9 Å². The first kappa shape index (κ1) is 28.4. The molecule has 39 heavy (non-hydrogen) atoms. The highest BCUT2D eigenvalue weighted by atomic mass is 19.4. The molecule has 1 N–H and O–H groups in total. The van der Waals surface area contributed by atoms with E-state index in [1.54, 1.807) is 26.0 Å². The minimum Gasteiger partial charge on any atom is -0.453 e. The van der Waals surface area contributed by atoms with Gasteiger partial charge < -0.3 is 14.8 Å². The summed E-state index contributed by atoms with van der Waals surface area (Å²) in [4.78, 5) is 28.4. The molecule has 0 saturated heterocycles. The average molecular weight is 560 g/mol. The molecule has 2 aromatic carbocycles. The predicted octanol–water partition coefficient (Wildman–Crippen LogP) is 6.76. The SMILES string of the molecule is CCOC(=O)N1c2cc3c(cc2C(N(Cc2cc(C(F)(F)F)cc(C(F)(F)F)c2)C(=O)OC)CC1C)CCN3. The topological polar surface area (TPSA) is 71.1 Å². The van der Waals surface area contributed by atoms with Crippen LogP contribution in [0.15, 0.2) is 30.3 Å². The first-order valence-corrected chi connectivity index (χ1v) is 12.2. The number of benzene rings is 2. The number of hydrogen-bond acceptors (Lipinski definition) is 5. The molecule has 7 nitrogen and oxygen atoms in total. The fraction of sp³-hybridized carbons (Fsp3) is 0.462.